The van der Waals surface area contributed by atoms with E-state index in [2.05, 4.69) is 25.5 Å². The van der Waals surface area contributed by atoms with Crippen molar-refractivity contribution in [3.05, 3.63) is 71.4 Å². The van der Waals surface area contributed by atoms with Crippen LogP contribution in [0.2, 0.25) is 0 Å². The Balaban J connectivity index is 1.08. The summed E-state index contributed by atoms with van der Waals surface area (Å²) in [7, 11) is 1.57. The van der Waals surface area contributed by atoms with E-state index >= 15 is 0 Å². The van der Waals surface area contributed by atoms with E-state index in [4.69, 9.17) is 9.26 Å². The first kappa shape index (κ1) is 26.0. The standard InChI is InChI=1S/C27H24F4N6O3/c1-39-25-17(14-37(35-25)19-4-5-19)9-22-32-12-18(13-33-22)15-2-3-16(20(28)8-15)10-24(38)34-23-11-21(40-36-23)26(6-7-26)27(29,30)31/h2-3,8,11-14,19H,4-7,9-10H2,1H3,(H,34,36,38). The van der Waals surface area contributed by atoms with Crippen LogP contribution >= 0.6 is 0 Å². The molecule has 1 N–H and O–H groups in total. The molecule has 0 aliphatic heterocycles. The Morgan fingerprint density at radius 1 is 1.15 bits per heavy atom. The number of amides is 1. The number of hydrogen-bond donors (Lipinski definition) is 1. The molecule has 3 heterocycles. The summed E-state index contributed by atoms with van der Waals surface area (Å²) < 4.78 is 66.8. The molecule has 208 valence electrons. The second-order valence-electron chi connectivity index (χ2n) is 10.1. The number of anilines is 1. The quantitative estimate of drug-likeness (QED) is 0.283. The molecule has 0 spiro atoms. The van der Waals surface area contributed by atoms with Gasteiger partial charge in [0.15, 0.2) is 11.6 Å². The van der Waals surface area contributed by atoms with Gasteiger partial charge in [0, 0.05) is 42.2 Å². The second kappa shape index (κ2) is 9.72. The van der Waals surface area contributed by atoms with E-state index in [-0.39, 0.29) is 36.4 Å². The van der Waals surface area contributed by atoms with Crippen molar-refractivity contribution in [2.45, 2.75) is 56.2 Å². The molecule has 6 rings (SSSR count). The number of carbonyl (C=O) groups is 1. The highest BCUT2D eigenvalue weighted by molar-refractivity contribution is 5.91. The number of benzene rings is 1. The highest BCUT2D eigenvalue weighted by Crippen LogP contribution is 2.59. The first-order valence-corrected chi connectivity index (χ1v) is 12.7. The lowest BCUT2D eigenvalue weighted by molar-refractivity contribution is -0.165. The van der Waals surface area contributed by atoms with Gasteiger partial charge >= 0.3 is 6.18 Å². The molecule has 4 aromatic rings. The number of ether oxygens (including phenoxy) is 1. The smallest absolute Gasteiger partial charge is 0.401 e. The third-order valence-corrected chi connectivity index (χ3v) is 7.22. The van der Waals surface area contributed by atoms with Crippen molar-refractivity contribution < 1.29 is 31.6 Å². The molecule has 1 aromatic carbocycles. The number of methoxy groups -OCH3 is 1. The number of nitrogens with zero attached hydrogens (tertiary/aromatic N) is 5. The van der Waals surface area contributed by atoms with Crippen molar-refractivity contribution in [1.29, 1.82) is 0 Å². The van der Waals surface area contributed by atoms with Crippen molar-refractivity contribution in [3.8, 4) is 17.0 Å². The van der Waals surface area contributed by atoms with Gasteiger partial charge in [-0.15, -0.1) is 5.10 Å². The average Bonchev–Trinajstić information content (AvgIpc) is 3.85. The maximum atomic E-state index is 14.9. The predicted octanol–water partition coefficient (Wildman–Crippen LogP) is 5.18. The summed E-state index contributed by atoms with van der Waals surface area (Å²) in [4.78, 5) is 21.2. The van der Waals surface area contributed by atoms with E-state index in [0.29, 0.717) is 35.3 Å². The zero-order valence-corrected chi connectivity index (χ0v) is 21.3. The Kier molecular flexibility index (Phi) is 6.31. The van der Waals surface area contributed by atoms with Gasteiger partial charge in [0.25, 0.3) is 0 Å². The lowest BCUT2D eigenvalue weighted by atomic mass is 10.0. The maximum absolute atomic E-state index is 14.9. The zero-order chi connectivity index (χ0) is 28.1. The molecule has 9 nitrogen and oxygen atoms in total. The molecule has 0 atom stereocenters. The number of rotatable bonds is 9. The third-order valence-electron chi connectivity index (χ3n) is 7.22. The summed E-state index contributed by atoms with van der Waals surface area (Å²) in [5, 5.41) is 10.3. The highest BCUT2D eigenvalue weighted by atomic mass is 19.4. The van der Waals surface area contributed by atoms with Crippen molar-refractivity contribution in [2.24, 2.45) is 0 Å². The molecule has 1 amide bonds. The molecular formula is C27H24F4N6O3. The SMILES string of the molecule is COc1nn(C2CC2)cc1Cc1ncc(-c2ccc(CC(=O)Nc3cc(C4(C(F)(F)F)CC4)on3)c(F)c2)cn1. The van der Waals surface area contributed by atoms with Gasteiger partial charge in [-0.05, 0) is 42.9 Å². The van der Waals surface area contributed by atoms with Gasteiger partial charge < -0.3 is 14.6 Å². The fraction of sp³-hybridized carbons (Fsp3) is 0.370. The number of alkyl halides is 3. The molecule has 0 unspecified atom stereocenters. The Morgan fingerprint density at radius 2 is 1.90 bits per heavy atom. The van der Waals surface area contributed by atoms with Gasteiger partial charge in [-0.2, -0.15) is 13.2 Å². The van der Waals surface area contributed by atoms with Crippen LogP contribution < -0.4 is 10.1 Å². The van der Waals surface area contributed by atoms with Gasteiger partial charge in [-0.1, -0.05) is 17.3 Å². The Labute approximate surface area is 225 Å². The number of aromatic nitrogens is 5. The first-order chi connectivity index (χ1) is 19.1. The van der Waals surface area contributed by atoms with Crippen LogP contribution in [0.1, 0.15) is 54.4 Å². The summed E-state index contributed by atoms with van der Waals surface area (Å²) in [5.74, 6) is -0.655. The topological polar surface area (TPSA) is 108 Å². The van der Waals surface area contributed by atoms with Gasteiger partial charge in [0.05, 0.1) is 19.6 Å². The van der Waals surface area contributed by atoms with Crippen LogP contribution in [0.25, 0.3) is 11.1 Å². The fourth-order valence-corrected chi connectivity index (χ4v) is 4.58. The maximum Gasteiger partial charge on any atom is 0.401 e. The van der Waals surface area contributed by atoms with Gasteiger partial charge in [-0.25, -0.2) is 14.4 Å². The molecule has 2 aliphatic carbocycles. The van der Waals surface area contributed by atoms with Gasteiger partial charge in [0.2, 0.25) is 11.8 Å². The van der Waals surface area contributed by atoms with Crippen LogP contribution in [0.3, 0.4) is 0 Å². The van der Waals surface area contributed by atoms with Crippen molar-refractivity contribution >= 4 is 11.7 Å². The van der Waals surface area contributed by atoms with Crippen LogP contribution in [0, 0.1) is 5.82 Å². The fourth-order valence-electron chi connectivity index (χ4n) is 4.58. The van der Waals surface area contributed by atoms with Crippen LogP contribution in [-0.4, -0.2) is 44.1 Å². The van der Waals surface area contributed by atoms with Gasteiger partial charge in [-0.3, -0.25) is 9.48 Å². The lowest BCUT2D eigenvalue weighted by Crippen LogP contribution is -2.28. The molecule has 0 radical (unpaired) electrons. The molecule has 13 heteroatoms. The molecule has 2 aliphatic rings. The Hall–Kier alpha value is -4.29. The Bertz CT molecular complexity index is 1560. The average molecular weight is 557 g/mol. The summed E-state index contributed by atoms with van der Waals surface area (Å²) in [6.07, 6.45) is 2.79. The van der Waals surface area contributed by atoms with E-state index in [9.17, 15) is 22.4 Å². The van der Waals surface area contributed by atoms with Crippen LogP contribution in [0.5, 0.6) is 5.88 Å². The minimum atomic E-state index is -4.46. The molecule has 3 aromatic heterocycles. The molecule has 40 heavy (non-hydrogen) atoms. The minimum absolute atomic E-state index is 0.0921. The van der Waals surface area contributed by atoms with E-state index < -0.39 is 23.3 Å². The molecule has 0 saturated heterocycles. The van der Waals surface area contributed by atoms with Crippen LogP contribution in [0.4, 0.5) is 23.4 Å². The van der Waals surface area contributed by atoms with E-state index in [1.54, 1.807) is 25.6 Å². The molecular weight excluding hydrogens is 532 g/mol. The van der Waals surface area contributed by atoms with Gasteiger partial charge in [0.1, 0.15) is 17.1 Å². The van der Waals surface area contributed by atoms with E-state index in [0.717, 1.165) is 24.5 Å². The normalized spacial score (nSPS) is 16.1. The molecule has 2 saturated carbocycles. The second-order valence-corrected chi connectivity index (χ2v) is 10.1. The van der Waals surface area contributed by atoms with Crippen molar-refractivity contribution in [3.63, 3.8) is 0 Å². The zero-order valence-electron chi connectivity index (χ0n) is 21.3. The monoisotopic (exact) mass is 556 g/mol. The van der Waals surface area contributed by atoms with Crippen LogP contribution in [0.15, 0.2) is 47.4 Å². The Morgan fingerprint density at radius 3 is 2.52 bits per heavy atom. The van der Waals surface area contributed by atoms with E-state index in [1.807, 2.05) is 10.9 Å². The lowest BCUT2D eigenvalue weighted by Gasteiger charge is -2.14. The number of nitrogens with one attached hydrogen (secondary N) is 1. The number of hydrogen-bond acceptors (Lipinski definition) is 7. The van der Waals surface area contributed by atoms with Crippen molar-refractivity contribution in [2.75, 3.05) is 12.4 Å². The minimum Gasteiger partial charge on any atom is -0.480 e. The summed E-state index contributed by atoms with van der Waals surface area (Å²) in [6, 6.07) is 5.87. The summed E-state index contributed by atoms with van der Waals surface area (Å²) >= 11 is 0. The van der Waals surface area contributed by atoms with Crippen molar-refractivity contribution in [1.82, 2.24) is 24.9 Å². The summed E-state index contributed by atoms with van der Waals surface area (Å²) in [5.41, 5.74) is 0.0590. The predicted molar refractivity (Wildman–Crippen MR) is 133 cm³/mol. The van der Waals surface area contributed by atoms with E-state index in [1.165, 1.54) is 12.1 Å². The van der Waals surface area contributed by atoms with Crippen LogP contribution in [-0.2, 0) is 23.1 Å². The summed E-state index contributed by atoms with van der Waals surface area (Å²) in [6.45, 7) is 0. The highest BCUT2D eigenvalue weighted by Gasteiger charge is 2.66. The third kappa shape index (κ3) is 5.03. The first-order valence-electron chi connectivity index (χ1n) is 12.7. The molecule has 2 fully saturated rings. The number of carbonyl (C=O) groups excluding carboxylic acids is 1. The largest absolute Gasteiger partial charge is 0.480 e. The number of halogens is 4. The molecule has 0 bridgehead atoms.